The molecule has 1 aromatic heterocycles. The molecular formula is C15H13BrOS. The van der Waals surface area contributed by atoms with E-state index in [2.05, 4.69) is 45.6 Å². The number of alkyl halides is 1. The van der Waals surface area contributed by atoms with Crippen LogP contribution in [0.15, 0.2) is 41.8 Å². The molecule has 1 nitrogen and oxygen atoms in total. The molecule has 1 aliphatic rings. The first kappa shape index (κ1) is 12.0. The summed E-state index contributed by atoms with van der Waals surface area (Å²) >= 11 is 5.29. The van der Waals surface area contributed by atoms with Crippen LogP contribution in [0.2, 0.25) is 0 Å². The number of halogens is 1. The summed E-state index contributed by atoms with van der Waals surface area (Å²) in [5.74, 6) is 0.988. The van der Waals surface area contributed by atoms with E-state index in [0.29, 0.717) is 6.61 Å². The van der Waals surface area contributed by atoms with Gasteiger partial charge in [0.2, 0.25) is 0 Å². The van der Waals surface area contributed by atoms with Crippen LogP contribution in [0, 0.1) is 0 Å². The first-order valence-electron chi connectivity index (χ1n) is 5.95. The molecule has 0 radical (unpaired) electrons. The molecule has 0 atom stereocenters. The van der Waals surface area contributed by atoms with E-state index in [0.717, 1.165) is 17.5 Å². The second-order valence-electron chi connectivity index (χ2n) is 4.16. The standard InChI is InChI=1S/C15H13BrOS/c16-8-3-5-13-12-4-1-2-6-14(12)17-10-11-7-9-18-15(11)13/h1-2,4-7,9H,3,8,10H2. The molecule has 92 valence electrons. The van der Waals surface area contributed by atoms with Gasteiger partial charge < -0.3 is 4.74 Å². The number of para-hydroxylation sites is 1. The zero-order valence-corrected chi connectivity index (χ0v) is 12.3. The van der Waals surface area contributed by atoms with Crippen LogP contribution in [0.1, 0.15) is 22.4 Å². The van der Waals surface area contributed by atoms with Crippen molar-refractivity contribution >= 4 is 32.8 Å². The van der Waals surface area contributed by atoms with E-state index in [1.807, 2.05) is 12.1 Å². The fourth-order valence-electron chi connectivity index (χ4n) is 2.18. The summed E-state index contributed by atoms with van der Waals surface area (Å²) in [4.78, 5) is 1.35. The number of hydrogen-bond donors (Lipinski definition) is 0. The Morgan fingerprint density at radius 2 is 2.17 bits per heavy atom. The zero-order valence-electron chi connectivity index (χ0n) is 9.86. The molecule has 1 aliphatic heterocycles. The van der Waals surface area contributed by atoms with Crippen molar-refractivity contribution in [3.05, 3.63) is 57.8 Å². The van der Waals surface area contributed by atoms with E-state index < -0.39 is 0 Å². The Bertz CT molecular complexity index is 586. The Hall–Kier alpha value is -1.06. The first-order chi connectivity index (χ1) is 8.90. The van der Waals surface area contributed by atoms with Gasteiger partial charge in [0.25, 0.3) is 0 Å². The lowest BCUT2D eigenvalue weighted by molar-refractivity contribution is 0.307. The third-order valence-electron chi connectivity index (χ3n) is 3.01. The molecule has 3 heteroatoms. The summed E-state index contributed by atoms with van der Waals surface area (Å²) in [7, 11) is 0. The van der Waals surface area contributed by atoms with Crippen molar-refractivity contribution < 1.29 is 4.74 Å². The van der Waals surface area contributed by atoms with E-state index in [1.54, 1.807) is 11.3 Å². The Balaban J connectivity index is 2.17. The molecular weight excluding hydrogens is 308 g/mol. The fraction of sp³-hybridized carbons (Fsp3) is 0.200. The molecule has 3 rings (SSSR count). The number of hydrogen-bond acceptors (Lipinski definition) is 2. The van der Waals surface area contributed by atoms with Crippen molar-refractivity contribution in [3.63, 3.8) is 0 Å². The molecule has 0 fully saturated rings. The van der Waals surface area contributed by atoms with E-state index in [9.17, 15) is 0 Å². The Morgan fingerprint density at radius 1 is 1.28 bits per heavy atom. The van der Waals surface area contributed by atoms with Gasteiger partial charge in [0.1, 0.15) is 12.4 Å². The fourth-order valence-corrected chi connectivity index (χ4v) is 3.38. The molecule has 1 aromatic carbocycles. The largest absolute Gasteiger partial charge is 0.488 e. The summed E-state index contributed by atoms with van der Waals surface area (Å²) in [6, 6.07) is 10.5. The summed E-state index contributed by atoms with van der Waals surface area (Å²) in [6.45, 7) is 0.668. The highest BCUT2D eigenvalue weighted by atomic mass is 79.9. The van der Waals surface area contributed by atoms with Crippen LogP contribution in [0.4, 0.5) is 0 Å². The Morgan fingerprint density at radius 3 is 3.06 bits per heavy atom. The highest BCUT2D eigenvalue weighted by Crippen LogP contribution is 2.39. The lowest BCUT2D eigenvalue weighted by Gasteiger charge is -2.08. The number of ether oxygens (including phenoxy) is 1. The van der Waals surface area contributed by atoms with E-state index in [1.165, 1.54) is 21.6 Å². The molecule has 0 aliphatic carbocycles. The van der Waals surface area contributed by atoms with Crippen LogP contribution in [-0.4, -0.2) is 5.33 Å². The lowest BCUT2D eigenvalue weighted by atomic mass is 10.0. The summed E-state index contributed by atoms with van der Waals surface area (Å²) in [6.07, 6.45) is 3.33. The van der Waals surface area contributed by atoms with Gasteiger partial charge in [-0.05, 0) is 29.5 Å². The van der Waals surface area contributed by atoms with Crippen molar-refractivity contribution in [2.75, 3.05) is 5.33 Å². The lowest BCUT2D eigenvalue weighted by Crippen LogP contribution is -1.92. The second kappa shape index (κ2) is 5.29. The van der Waals surface area contributed by atoms with Gasteiger partial charge in [-0.25, -0.2) is 0 Å². The topological polar surface area (TPSA) is 9.23 Å². The molecule has 0 spiro atoms. The minimum absolute atomic E-state index is 0.668. The molecule has 0 saturated heterocycles. The molecule has 18 heavy (non-hydrogen) atoms. The van der Waals surface area contributed by atoms with Crippen molar-refractivity contribution in [3.8, 4) is 5.75 Å². The second-order valence-corrected chi connectivity index (χ2v) is 5.86. The van der Waals surface area contributed by atoms with Gasteiger partial charge in [-0.2, -0.15) is 0 Å². The van der Waals surface area contributed by atoms with Gasteiger partial charge in [-0.3, -0.25) is 0 Å². The van der Waals surface area contributed by atoms with Crippen LogP contribution < -0.4 is 4.74 Å². The number of benzene rings is 1. The van der Waals surface area contributed by atoms with Crippen molar-refractivity contribution in [2.45, 2.75) is 13.0 Å². The minimum atomic E-state index is 0.668. The Kier molecular flexibility index (Phi) is 3.52. The predicted octanol–water partition coefficient (Wildman–Crippen LogP) is 4.86. The predicted molar refractivity (Wildman–Crippen MR) is 80.6 cm³/mol. The van der Waals surface area contributed by atoms with Gasteiger partial charge in [0, 0.05) is 21.3 Å². The average molecular weight is 321 g/mol. The average Bonchev–Trinajstić information content (AvgIpc) is 2.81. The van der Waals surface area contributed by atoms with E-state index >= 15 is 0 Å². The van der Waals surface area contributed by atoms with E-state index in [4.69, 9.17) is 4.74 Å². The summed E-state index contributed by atoms with van der Waals surface area (Å²) < 4.78 is 5.90. The number of fused-ring (bicyclic) bond motifs is 2. The third-order valence-corrected chi connectivity index (χ3v) is 4.46. The summed E-state index contributed by atoms with van der Waals surface area (Å²) in [5, 5.41) is 3.13. The maximum atomic E-state index is 5.90. The highest BCUT2D eigenvalue weighted by molar-refractivity contribution is 9.09. The molecule has 0 bridgehead atoms. The van der Waals surface area contributed by atoms with Crippen molar-refractivity contribution in [2.24, 2.45) is 0 Å². The Labute approximate surface area is 119 Å². The first-order valence-corrected chi connectivity index (χ1v) is 7.95. The maximum Gasteiger partial charge on any atom is 0.127 e. The van der Waals surface area contributed by atoms with Crippen LogP contribution >= 0.6 is 27.3 Å². The van der Waals surface area contributed by atoms with Crippen molar-refractivity contribution in [1.29, 1.82) is 0 Å². The van der Waals surface area contributed by atoms with E-state index in [-0.39, 0.29) is 0 Å². The SMILES string of the molecule is BrCCC=C1c2ccccc2OCc2ccsc21. The van der Waals surface area contributed by atoms with Gasteiger partial charge in [-0.1, -0.05) is 40.2 Å². The van der Waals surface area contributed by atoms with Crippen LogP contribution in [-0.2, 0) is 6.61 Å². The zero-order chi connectivity index (χ0) is 12.4. The molecule has 2 aromatic rings. The van der Waals surface area contributed by atoms with Crippen LogP contribution in [0.25, 0.3) is 5.57 Å². The van der Waals surface area contributed by atoms with Crippen LogP contribution in [0.3, 0.4) is 0 Å². The maximum absolute atomic E-state index is 5.90. The normalized spacial score (nSPS) is 15.7. The van der Waals surface area contributed by atoms with Gasteiger partial charge in [0.15, 0.2) is 0 Å². The number of rotatable bonds is 2. The van der Waals surface area contributed by atoms with Crippen molar-refractivity contribution in [1.82, 2.24) is 0 Å². The van der Waals surface area contributed by atoms with Crippen LogP contribution in [0.5, 0.6) is 5.75 Å². The molecule has 0 unspecified atom stereocenters. The van der Waals surface area contributed by atoms with Gasteiger partial charge in [0.05, 0.1) is 0 Å². The van der Waals surface area contributed by atoms with Gasteiger partial charge >= 0.3 is 0 Å². The molecule has 0 saturated carbocycles. The number of allylic oxidation sites excluding steroid dienone is 1. The number of thiophene rings is 1. The molecule has 0 amide bonds. The summed E-state index contributed by atoms with van der Waals surface area (Å²) in [5.41, 5.74) is 3.81. The molecule has 2 heterocycles. The monoisotopic (exact) mass is 320 g/mol. The quantitative estimate of drug-likeness (QED) is 0.718. The highest BCUT2D eigenvalue weighted by Gasteiger charge is 2.19. The smallest absolute Gasteiger partial charge is 0.127 e. The van der Waals surface area contributed by atoms with Gasteiger partial charge in [-0.15, -0.1) is 11.3 Å². The molecule has 0 N–H and O–H groups in total. The third kappa shape index (κ3) is 2.13. The minimum Gasteiger partial charge on any atom is -0.488 e.